The van der Waals surface area contributed by atoms with E-state index in [1.165, 1.54) is 11.9 Å². The van der Waals surface area contributed by atoms with E-state index < -0.39 is 0 Å². The molecule has 0 bridgehead atoms. The van der Waals surface area contributed by atoms with Crippen LogP contribution in [-0.4, -0.2) is 0 Å². The number of halogens is 4. The second-order valence-electron chi connectivity index (χ2n) is 8.94. The van der Waals surface area contributed by atoms with Gasteiger partial charge in [0.1, 0.15) is 0 Å². The van der Waals surface area contributed by atoms with Gasteiger partial charge in [0.15, 0.2) is 0 Å². The summed E-state index contributed by atoms with van der Waals surface area (Å²) in [7, 11) is 0. The van der Waals surface area contributed by atoms with E-state index >= 15 is 0 Å². The van der Waals surface area contributed by atoms with Crippen molar-refractivity contribution in [2.24, 2.45) is 0 Å². The normalized spacial score (nSPS) is 11.5. The summed E-state index contributed by atoms with van der Waals surface area (Å²) in [6.07, 6.45) is 0. The van der Waals surface area contributed by atoms with Crippen molar-refractivity contribution in [1.82, 2.24) is 4.72 Å². The van der Waals surface area contributed by atoms with Crippen LogP contribution in [0.4, 0.5) is 5.69 Å². The standard InChI is InChI=1S/C28H22Cl4NS/c1-28(2,3)24-15-19(17-4-8-20(29)9-5-17)14-23(18-6-10-21(30)11-7-18)27(24)33-34-26-13-12-22(31)16-25(26)32/h4-16H,1-3H3. The highest BCUT2D eigenvalue weighted by atomic mass is 35.5. The van der Waals surface area contributed by atoms with Crippen LogP contribution in [-0.2, 0) is 5.41 Å². The fourth-order valence-corrected chi connectivity index (χ4v) is 5.03. The lowest BCUT2D eigenvalue weighted by atomic mass is 9.81. The molecule has 0 N–H and O–H groups in total. The van der Waals surface area contributed by atoms with Crippen LogP contribution in [0.5, 0.6) is 0 Å². The van der Waals surface area contributed by atoms with Crippen LogP contribution in [0.1, 0.15) is 26.3 Å². The minimum atomic E-state index is -0.160. The zero-order valence-corrected chi connectivity index (χ0v) is 22.7. The third-order valence-corrected chi connectivity index (χ3v) is 7.37. The first kappa shape index (κ1) is 25.3. The molecular weight excluding hydrogens is 524 g/mol. The summed E-state index contributed by atoms with van der Waals surface area (Å²) in [5, 5.41) is 2.57. The summed E-state index contributed by atoms with van der Waals surface area (Å²) in [4.78, 5) is 0.842. The van der Waals surface area contributed by atoms with E-state index in [1.54, 1.807) is 6.07 Å². The molecular formula is C28H22Cl4NS. The summed E-state index contributed by atoms with van der Waals surface area (Å²) in [6, 6.07) is 25.6. The first-order chi connectivity index (χ1) is 16.1. The van der Waals surface area contributed by atoms with Gasteiger partial charge in [-0.1, -0.05) is 91.4 Å². The maximum absolute atomic E-state index is 6.43. The Morgan fingerprint density at radius 3 is 1.74 bits per heavy atom. The second kappa shape index (κ2) is 10.4. The van der Waals surface area contributed by atoms with Gasteiger partial charge in [-0.15, -0.1) is 0 Å². The predicted molar refractivity (Wildman–Crippen MR) is 150 cm³/mol. The van der Waals surface area contributed by atoms with Crippen LogP contribution < -0.4 is 4.72 Å². The molecule has 4 rings (SSSR count). The molecule has 0 saturated carbocycles. The first-order valence-electron chi connectivity index (χ1n) is 10.7. The molecule has 1 nitrogen and oxygen atoms in total. The zero-order valence-electron chi connectivity index (χ0n) is 18.9. The number of hydrogen-bond donors (Lipinski definition) is 0. The molecule has 173 valence electrons. The van der Waals surface area contributed by atoms with E-state index in [-0.39, 0.29) is 5.41 Å². The maximum atomic E-state index is 6.43. The maximum Gasteiger partial charge on any atom is 0.0833 e. The Hall–Kier alpha value is -1.81. The van der Waals surface area contributed by atoms with Crippen molar-refractivity contribution >= 4 is 64.0 Å². The van der Waals surface area contributed by atoms with Gasteiger partial charge in [0, 0.05) is 37.5 Å². The third-order valence-electron chi connectivity index (χ3n) is 5.38. The average Bonchev–Trinajstić information content (AvgIpc) is 2.78. The first-order valence-corrected chi connectivity index (χ1v) is 12.9. The fraction of sp³-hybridized carbons (Fsp3) is 0.143. The average molecular weight is 546 g/mol. The van der Waals surface area contributed by atoms with E-state index in [2.05, 4.69) is 32.9 Å². The smallest absolute Gasteiger partial charge is 0.0833 e. The highest BCUT2D eigenvalue weighted by Crippen LogP contribution is 2.44. The van der Waals surface area contributed by atoms with Gasteiger partial charge in [-0.25, -0.2) is 4.72 Å². The highest BCUT2D eigenvalue weighted by Gasteiger charge is 2.24. The van der Waals surface area contributed by atoms with Gasteiger partial charge in [0.05, 0.1) is 10.7 Å². The van der Waals surface area contributed by atoms with Gasteiger partial charge in [-0.3, -0.25) is 0 Å². The quantitative estimate of drug-likeness (QED) is 0.227. The Bertz CT molecular complexity index is 1310. The molecule has 0 saturated heterocycles. The minimum absolute atomic E-state index is 0.160. The molecule has 0 fully saturated rings. The van der Waals surface area contributed by atoms with Gasteiger partial charge < -0.3 is 0 Å². The molecule has 0 spiro atoms. The number of rotatable bonds is 5. The van der Waals surface area contributed by atoms with Crippen LogP contribution in [0.15, 0.2) is 83.8 Å². The van der Waals surface area contributed by atoms with Crippen LogP contribution in [0.25, 0.3) is 22.3 Å². The second-order valence-corrected chi connectivity index (χ2v) is 11.5. The molecule has 0 amide bonds. The molecule has 4 aromatic rings. The van der Waals surface area contributed by atoms with Crippen molar-refractivity contribution in [3.8, 4) is 22.3 Å². The van der Waals surface area contributed by atoms with E-state index in [0.29, 0.717) is 20.1 Å². The van der Waals surface area contributed by atoms with Crippen molar-refractivity contribution in [3.63, 3.8) is 0 Å². The lowest BCUT2D eigenvalue weighted by Gasteiger charge is -2.26. The Labute approximate surface area is 225 Å². The number of nitrogens with zero attached hydrogens (tertiary/aromatic N) is 1. The van der Waals surface area contributed by atoms with Crippen molar-refractivity contribution in [2.45, 2.75) is 31.1 Å². The minimum Gasteiger partial charge on any atom is -0.211 e. The van der Waals surface area contributed by atoms with Gasteiger partial charge in [0.2, 0.25) is 0 Å². The zero-order chi connectivity index (χ0) is 24.5. The number of benzene rings is 4. The summed E-state index contributed by atoms with van der Waals surface area (Å²) < 4.78 is 5.02. The largest absolute Gasteiger partial charge is 0.211 e. The Morgan fingerprint density at radius 2 is 1.18 bits per heavy atom. The summed E-state index contributed by atoms with van der Waals surface area (Å²) in [6.45, 7) is 6.58. The van der Waals surface area contributed by atoms with E-state index in [0.717, 1.165) is 38.4 Å². The molecule has 0 aliphatic rings. The van der Waals surface area contributed by atoms with Crippen molar-refractivity contribution in [1.29, 1.82) is 0 Å². The molecule has 34 heavy (non-hydrogen) atoms. The molecule has 0 atom stereocenters. The molecule has 0 aliphatic carbocycles. The van der Waals surface area contributed by atoms with Gasteiger partial charge in [-0.2, -0.15) is 0 Å². The SMILES string of the molecule is CC(C)(C)c1cc(-c2ccc(Cl)cc2)cc(-c2ccc(Cl)cc2)c1[N]Sc1ccc(Cl)cc1Cl. The lowest BCUT2D eigenvalue weighted by molar-refractivity contribution is 0.591. The topological polar surface area (TPSA) is 14.1 Å². The predicted octanol–water partition coefficient (Wildman–Crippen LogP) is 10.9. The van der Waals surface area contributed by atoms with Crippen LogP contribution in [0.2, 0.25) is 20.1 Å². The molecule has 6 heteroatoms. The molecule has 1 radical (unpaired) electrons. The summed E-state index contributed by atoms with van der Waals surface area (Å²) >= 11 is 26.2. The van der Waals surface area contributed by atoms with Crippen LogP contribution >= 0.6 is 58.4 Å². The molecule has 0 aliphatic heterocycles. The third kappa shape index (κ3) is 5.87. The summed E-state index contributed by atoms with van der Waals surface area (Å²) in [5.74, 6) is 0. The molecule has 0 aromatic heterocycles. The molecule has 4 aromatic carbocycles. The van der Waals surface area contributed by atoms with Gasteiger partial charge in [-0.05, 0) is 82.3 Å². The fourth-order valence-electron chi connectivity index (χ4n) is 3.61. The van der Waals surface area contributed by atoms with Gasteiger partial charge >= 0.3 is 0 Å². The van der Waals surface area contributed by atoms with Crippen LogP contribution in [0, 0.1) is 0 Å². The van der Waals surface area contributed by atoms with E-state index in [4.69, 9.17) is 51.1 Å². The van der Waals surface area contributed by atoms with Crippen molar-refractivity contribution in [3.05, 3.63) is 105 Å². The van der Waals surface area contributed by atoms with Crippen molar-refractivity contribution in [2.75, 3.05) is 0 Å². The number of hydrogen-bond acceptors (Lipinski definition) is 1. The van der Waals surface area contributed by atoms with E-state index in [1.807, 2.05) is 60.7 Å². The highest BCUT2D eigenvalue weighted by molar-refractivity contribution is 7.97. The Morgan fingerprint density at radius 1 is 0.618 bits per heavy atom. The Kier molecular flexibility index (Phi) is 7.76. The van der Waals surface area contributed by atoms with Crippen LogP contribution in [0.3, 0.4) is 0 Å². The van der Waals surface area contributed by atoms with Crippen molar-refractivity contribution < 1.29 is 0 Å². The molecule has 0 unspecified atom stereocenters. The molecule has 0 heterocycles. The Balaban J connectivity index is 1.89. The van der Waals surface area contributed by atoms with E-state index in [9.17, 15) is 0 Å². The summed E-state index contributed by atoms with van der Waals surface area (Å²) in [5.41, 5.74) is 6.11. The monoisotopic (exact) mass is 544 g/mol. The van der Waals surface area contributed by atoms with Gasteiger partial charge in [0.25, 0.3) is 0 Å². The lowest BCUT2D eigenvalue weighted by Crippen LogP contribution is -2.14.